The SMILES string of the molecule is O=C(c1cc2cc(Cl)ccc2o1)c1sccc1Br. The van der Waals surface area contributed by atoms with Gasteiger partial charge in [-0.05, 0) is 51.6 Å². The fourth-order valence-electron chi connectivity index (χ4n) is 1.69. The maximum absolute atomic E-state index is 12.2. The number of halogens is 2. The summed E-state index contributed by atoms with van der Waals surface area (Å²) in [4.78, 5) is 12.9. The van der Waals surface area contributed by atoms with E-state index in [-0.39, 0.29) is 5.78 Å². The number of carbonyl (C=O) groups excluding carboxylic acids is 1. The Balaban J connectivity index is 2.10. The minimum absolute atomic E-state index is 0.121. The lowest BCUT2D eigenvalue weighted by Gasteiger charge is -1.93. The Morgan fingerprint density at radius 3 is 2.83 bits per heavy atom. The second kappa shape index (κ2) is 4.53. The van der Waals surface area contributed by atoms with Crippen LogP contribution in [0.25, 0.3) is 11.0 Å². The summed E-state index contributed by atoms with van der Waals surface area (Å²) in [6.45, 7) is 0. The van der Waals surface area contributed by atoms with Gasteiger partial charge >= 0.3 is 0 Å². The molecule has 1 aromatic carbocycles. The molecule has 0 radical (unpaired) electrons. The quantitative estimate of drug-likeness (QED) is 0.604. The van der Waals surface area contributed by atoms with Gasteiger partial charge in [0, 0.05) is 14.9 Å². The van der Waals surface area contributed by atoms with E-state index in [1.807, 2.05) is 11.4 Å². The highest BCUT2D eigenvalue weighted by atomic mass is 79.9. The summed E-state index contributed by atoms with van der Waals surface area (Å²) in [5.74, 6) is 0.208. The highest BCUT2D eigenvalue weighted by Crippen LogP contribution is 2.29. The van der Waals surface area contributed by atoms with E-state index in [1.165, 1.54) is 11.3 Å². The van der Waals surface area contributed by atoms with E-state index < -0.39 is 0 Å². The molecule has 0 unspecified atom stereocenters. The minimum Gasteiger partial charge on any atom is -0.453 e. The van der Waals surface area contributed by atoms with Gasteiger partial charge in [-0.1, -0.05) is 11.6 Å². The molecule has 18 heavy (non-hydrogen) atoms. The van der Waals surface area contributed by atoms with Gasteiger partial charge < -0.3 is 4.42 Å². The van der Waals surface area contributed by atoms with Crippen molar-refractivity contribution in [2.24, 2.45) is 0 Å². The normalized spacial score (nSPS) is 11.0. The number of fused-ring (bicyclic) bond motifs is 1. The van der Waals surface area contributed by atoms with E-state index >= 15 is 0 Å². The number of hydrogen-bond acceptors (Lipinski definition) is 3. The van der Waals surface area contributed by atoms with Gasteiger partial charge in [-0.25, -0.2) is 0 Å². The summed E-state index contributed by atoms with van der Waals surface area (Å²) in [5, 5.41) is 3.31. The first-order chi connectivity index (χ1) is 8.65. The Hall–Kier alpha value is -1.10. The van der Waals surface area contributed by atoms with E-state index in [1.54, 1.807) is 24.3 Å². The molecule has 3 rings (SSSR count). The molecule has 2 nitrogen and oxygen atoms in total. The van der Waals surface area contributed by atoms with Crippen molar-refractivity contribution in [3.63, 3.8) is 0 Å². The molecule has 0 N–H and O–H groups in total. The lowest BCUT2D eigenvalue weighted by molar-refractivity contribution is 0.101. The van der Waals surface area contributed by atoms with Crippen molar-refractivity contribution in [2.75, 3.05) is 0 Å². The Bertz CT molecular complexity index is 744. The first-order valence-electron chi connectivity index (χ1n) is 5.12. The summed E-state index contributed by atoms with van der Waals surface area (Å²) in [6, 6.07) is 8.84. The average molecular weight is 342 g/mol. The van der Waals surface area contributed by atoms with Crippen LogP contribution in [-0.2, 0) is 0 Å². The molecule has 0 aliphatic carbocycles. The smallest absolute Gasteiger partial charge is 0.239 e. The maximum Gasteiger partial charge on any atom is 0.239 e. The number of ketones is 1. The lowest BCUT2D eigenvalue weighted by atomic mass is 10.2. The monoisotopic (exact) mass is 340 g/mol. The zero-order chi connectivity index (χ0) is 12.7. The molecule has 0 bridgehead atoms. The third kappa shape index (κ3) is 2.00. The van der Waals surface area contributed by atoms with Crippen LogP contribution in [0.5, 0.6) is 0 Å². The molecule has 0 atom stereocenters. The van der Waals surface area contributed by atoms with Crippen LogP contribution in [0.4, 0.5) is 0 Å². The highest BCUT2D eigenvalue weighted by molar-refractivity contribution is 9.10. The predicted molar refractivity (Wildman–Crippen MR) is 76.7 cm³/mol. The largest absolute Gasteiger partial charge is 0.453 e. The van der Waals surface area contributed by atoms with Crippen molar-refractivity contribution in [2.45, 2.75) is 0 Å². The first-order valence-corrected chi connectivity index (χ1v) is 7.17. The van der Waals surface area contributed by atoms with Gasteiger partial charge in [-0.15, -0.1) is 11.3 Å². The molecule has 5 heteroatoms. The molecule has 0 amide bonds. The van der Waals surface area contributed by atoms with Crippen molar-refractivity contribution in [1.29, 1.82) is 0 Å². The van der Waals surface area contributed by atoms with Crippen molar-refractivity contribution in [3.8, 4) is 0 Å². The standard InChI is InChI=1S/C13H6BrClO2S/c14-9-3-4-18-13(9)12(16)11-6-7-5-8(15)1-2-10(7)17-11/h1-6H. The summed E-state index contributed by atoms with van der Waals surface area (Å²) in [5.41, 5.74) is 0.662. The summed E-state index contributed by atoms with van der Waals surface area (Å²) in [7, 11) is 0. The van der Waals surface area contributed by atoms with Crippen LogP contribution in [0, 0.1) is 0 Å². The first kappa shape index (κ1) is 12.0. The Kier molecular flexibility index (Phi) is 3.01. The maximum atomic E-state index is 12.2. The van der Waals surface area contributed by atoms with Gasteiger partial charge in [-0.2, -0.15) is 0 Å². The van der Waals surface area contributed by atoms with Crippen LogP contribution in [-0.4, -0.2) is 5.78 Å². The Morgan fingerprint density at radius 2 is 2.11 bits per heavy atom. The fourth-order valence-corrected chi connectivity index (χ4v) is 3.37. The molecular formula is C13H6BrClO2S. The van der Waals surface area contributed by atoms with Gasteiger partial charge in [0.2, 0.25) is 5.78 Å². The van der Waals surface area contributed by atoms with Crippen molar-refractivity contribution < 1.29 is 9.21 Å². The number of rotatable bonds is 2. The topological polar surface area (TPSA) is 30.2 Å². The van der Waals surface area contributed by atoms with Crippen LogP contribution in [0.3, 0.4) is 0 Å². The zero-order valence-electron chi connectivity index (χ0n) is 8.94. The molecule has 0 saturated carbocycles. The minimum atomic E-state index is -0.121. The molecule has 0 aliphatic rings. The van der Waals surface area contributed by atoms with E-state index in [2.05, 4.69) is 15.9 Å². The third-order valence-electron chi connectivity index (χ3n) is 2.53. The highest BCUT2D eigenvalue weighted by Gasteiger charge is 2.18. The van der Waals surface area contributed by atoms with E-state index in [4.69, 9.17) is 16.0 Å². The van der Waals surface area contributed by atoms with Gasteiger partial charge in [0.15, 0.2) is 5.76 Å². The summed E-state index contributed by atoms with van der Waals surface area (Å²) in [6.07, 6.45) is 0. The number of benzene rings is 1. The molecule has 0 fully saturated rings. The molecule has 0 aliphatic heterocycles. The zero-order valence-corrected chi connectivity index (χ0v) is 12.1. The fraction of sp³-hybridized carbons (Fsp3) is 0. The molecular weight excluding hydrogens is 336 g/mol. The van der Waals surface area contributed by atoms with Gasteiger partial charge in [0.1, 0.15) is 5.58 Å². The van der Waals surface area contributed by atoms with E-state index in [0.717, 1.165) is 9.86 Å². The lowest BCUT2D eigenvalue weighted by Crippen LogP contribution is -1.96. The van der Waals surface area contributed by atoms with Crippen molar-refractivity contribution in [1.82, 2.24) is 0 Å². The van der Waals surface area contributed by atoms with Gasteiger partial charge in [-0.3, -0.25) is 4.79 Å². The Labute approximate surface area is 120 Å². The second-order valence-corrected chi connectivity index (χ2v) is 5.93. The van der Waals surface area contributed by atoms with Crippen LogP contribution in [0.2, 0.25) is 5.02 Å². The molecule has 2 aromatic heterocycles. The van der Waals surface area contributed by atoms with Crippen LogP contribution >= 0.6 is 38.9 Å². The van der Waals surface area contributed by atoms with Crippen LogP contribution < -0.4 is 0 Å². The molecule has 90 valence electrons. The second-order valence-electron chi connectivity index (χ2n) is 3.72. The van der Waals surface area contributed by atoms with Gasteiger partial charge in [0.05, 0.1) is 4.88 Å². The van der Waals surface area contributed by atoms with E-state index in [0.29, 0.717) is 21.2 Å². The van der Waals surface area contributed by atoms with Crippen LogP contribution in [0.15, 0.2) is 44.6 Å². The molecule has 2 heterocycles. The van der Waals surface area contributed by atoms with E-state index in [9.17, 15) is 4.79 Å². The molecule has 3 aromatic rings. The summed E-state index contributed by atoms with van der Waals surface area (Å²) < 4.78 is 6.33. The summed E-state index contributed by atoms with van der Waals surface area (Å²) >= 11 is 10.6. The average Bonchev–Trinajstić information content (AvgIpc) is 2.93. The van der Waals surface area contributed by atoms with Crippen molar-refractivity contribution >= 4 is 55.6 Å². The number of furan rings is 1. The molecule has 0 saturated heterocycles. The van der Waals surface area contributed by atoms with Crippen molar-refractivity contribution in [3.05, 3.63) is 55.8 Å². The molecule has 0 spiro atoms. The number of carbonyl (C=O) groups is 1. The van der Waals surface area contributed by atoms with Crippen LogP contribution in [0.1, 0.15) is 15.4 Å². The Morgan fingerprint density at radius 1 is 1.28 bits per heavy atom. The third-order valence-corrected chi connectivity index (χ3v) is 4.60. The number of hydrogen-bond donors (Lipinski definition) is 0. The number of thiophene rings is 1. The van der Waals surface area contributed by atoms with Gasteiger partial charge in [0.25, 0.3) is 0 Å². The predicted octanol–water partition coefficient (Wildman–Crippen LogP) is 5.14.